The molecule has 3 nitrogen and oxygen atoms in total. The molecule has 1 aromatic rings. The second-order valence-corrected chi connectivity index (χ2v) is 3.03. The van der Waals surface area contributed by atoms with Crippen molar-refractivity contribution in [2.45, 2.75) is 25.9 Å². The van der Waals surface area contributed by atoms with Crippen LogP contribution >= 0.6 is 0 Å². The molecule has 0 amide bonds. The molecule has 0 fully saturated rings. The summed E-state index contributed by atoms with van der Waals surface area (Å²) in [5.74, 6) is -0.592. The number of carbonyl (C=O) groups is 1. The maximum atomic E-state index is 10.7. The summed E-state index contributed by atoms with van der Waals surface area (Å²) >= 11 is 0. The van der Waals surface area contributed by atoms with E-state index in [-0.39, 0.29) is 29.6 Å². The number of benzene rings is 1. The fraction of sp³-hybridized carbons (Fsp3) is 0.364. The Kier molecular flexibility index (Phi) is 7.48. The zero-order chi connectivity index (χ0) is 10.4. The minimum absolute atomic E-state index is 0. The van der Waals surface area contributed by atoms with Gasteiger partial charge in [-0.15, -0.1) is 0 Å². The van der Waals surface area contributed by atoms with Gasteiger partial charge >= 0.3 is 29.6 Å². The number of carboxylic acid groups (broad SMARTS) is 1. The van der Waals surface area contributed by atoms with Crippen LogP contribution in [0.25, 0.3) is 0 Å². The monoisotopic (exact) mass is 216 g/mol. The molecule has 0 bridgehead atoms. The van der Waals surface area contributed by atoms with Gasteiger partial charge in [0.2, 0.25) is 0 Å². The summed E-state index contributed by atoms with van der Waals surface area (Å²) < 4.78 is 5.25. The molecule has 0 heterocycles. The Labute approximate surface area is 112 Å². The molecular weight excluding hydrogens is 203 g/mol. The first kappa shape index (κ1) is 14.5. The van der Waals surface area contributed by atoms with Gasteiger partial charge in [0.25, 0.3) is 0 Å². The SMILES string of the molecule is CCCC(Oc1ccccc1)C(=O)[O-].[Na+]. The fourth-order valence-electron chi connectivity index (χ4n) is 1.15. The predicted molar refractivity (Wildman–Crippen MR) is 50.8 cm³/mol. The zero-order valence-corrected chi connectivity index (χ0v) is 11.1. The van der Waals surface area contributed by atoms with E-state index in [1.807, 2.05) is 13.0 Å². The quantitative estimate of drug-likeness (QED) is 0.534. The van der Waals surface area contributed by atoms with E-state index in [9.17, 15) is 9.90 Å². The molecule has 4 heteroatoms. The van der Waals surface area contributed by atoms with Gasteiger partial charge in [-0.25, -0.2) is 0 Å². The molecule has 0 aromatic heterocycles. The Bertz CT molecular complexity index is 287. The van der Waals surface area contributed by atoms with Gasteiger partial charge in [0.15, 0.2) is 0 Å². The van der Waals surface area contributed by atoms with Gasteiger partial charge in [-0.3, -0.25) is 0 Å². The predicted octanol–water partition coefficient (Wildman–Crippen LogP) is -2.01. The summed E-state index contributed by atoms with van der Waals surface area (Å²) in [6.45, 7) is 1.91. The topological polar surface area (TPSA) is 49.4 Å². The van der Waals surface area contributed by atoms with Crippen LogP contribution in [0.15, 0.2) is 30.3 Å². The normalized spacial score (nSPS) is 11.3. The number of hydrogen-bond acceptors (Lipinski definition) is 3. The van der Waals surface area contributed by atoms with Gasteiger partial charge in [-0.05, 0) is 18.6 Å². The summed E-state index contributed by atoms with van der Waals surface area (Å²) in [4.78, 5) is 10.7. The van der Waals surface area contributed by atoms with Crippen molar-refractivity contribution in [3.05, 3.63) is 30.3 Å². The van der Waals surface area contributed by atoms with Crippen molar-refractivity contribution < 1.29 is 44.2 Å². The third kappa shape index (κ3) is 5.21. The number of aliphatic carboxylic acids is 1. The van der Waals surface area contributed by atoms with Crippen molar-refractivity contribution in [2.24, 2.45) is 0 Å². The van der Waals surface area contributed by atoms with Gasteiger partial charge < -0.3 is 14.6 Å². The average Bonchev–Trinajstić information content (AvgIpc) is 2.18. The maximum absolute atomic E-state index is 10.7. The van der Waals surface area contributed by atoms with Crippen molar-refractivity contribution in [3.8, 4) is 5.75 Å². The molecule has 0 radical (unpaired) electrons. The molecule has 76 valence electrons. The second-order valence-electron chi connectivity index (χ2n) is 3.03. The summed E-state index contributed by atoms with van der Waals surface area (Å²) in [5.41, 5.74) is 0. The van der Waals surface area contributed by atoms with Crippen LogP contribution in [0, 0.1) is 0 Å². The molecule has 0 aliphatic carbocycles. The Hall–Kier alpha value is -0.510. The zero-order valence-electron chi connectivity index (χ0n) is 9.10. The van der Waals surface area contributed by atoms with Crippen LogP contribution in [-0.2, 0) is 4.79 Å². The van der Waals surface area contributed by atoms with Gasteiger partial charge in [0.05, 0.1) is 5.97 Å². The molecule has 1 rings (SSSR count). The van der Waals surface area contributed by atoms with Crippen LogP contribution in [-0.4, -0.2) is 12.1 Å². The van der Waals surface area contributed by atoms with E-state index in [0.717, 1.165) is 6.42 Å². The molecule has 0 aliphatic heterocycles. The summed E-state index contributed by atoms with van der Waals surface area (Å²) in [7, 11) is 0. The maximum Gasteiger partial charge on any atom is 1.00 e. The first-order valence-corrected chi connectivity index (χ1v) is 4.66. The third-order valence-electron chi connectivity index (χ3n) is 1.84. The van der Waals surface area contributed by atoms with E-state index >= 15 is 0 Å². The first-order chi connectivity index (χ1) is 6.74. The molecule has 1 atom stereocenters. The van der Waals surface area contributed by atoms with Crippen molar-refractivity contribution in [3.63, 3.8) is 0 Å². The number of carboxylic acids is 1. The van der Waals surface area contributed by atoms with E-state index in [1.165, 1.54) is 0 Å². The Morgan fingerprint density at radius 2 is 2.00 bits per heavy atom. The fourth-order valence-corrected chi connectivity index (χ4v) is 1.15. The summed E-state index contributed by atoms with van der Waals surface area (Å²) in [6.07, 6.45) is 0.380. The molecule has 15 heavy (non-hydrogen) atoms. The largest absolute Gasteiger partial charge is 1.00 e. The molecule has 0 saturated heterocycles. The first-order valence-electron chi connectivity index (χ1n) is 4.66. The van der Waals surface area contributed by atoms with E-state index < -0.39 is 12.1 Å². The van der Waals surface area contributed by atoms with Gasteiger partial charge in [-0.1, -0.05) is 31.5 Å². The average molecular weight is 216 g/mol. The minimum Gasteiger partial charge on any atom is -0.546 e. The van der Waals surface area contributed by atoms with Crippen LogP contribution in [0.1, 0.15) is 19.8 Å². The van der Waals surface area contributed by atoms with Crippen LogP contribution in [0.5, 0.6) is 5.75 Å². The standard InChI is InChI=1S/C11H14O3.Na/c1-2-6-10(11(12)13)14-9-7-4-3-5-8-9;/h3-5,7-8,10H,2,6H2,1H3,(H,12,13);/q;+1/p-1. The molecule has 0 saturated carbocycles. The van der Waals surface area contributed by atoms with Gasteiger partial charge in [0.1, 0.15) is 11.9 Å². The number of ether oxygens (including phenoxy) is 1. The van der Waals surface area contributed by atoms with Crippen molar-refractivity contribution in [2.75, 3.05) is 0 Å². The van der Waals surface area contributed by atoms with Crippen LogP contribution in [0.4, 0.5) is 0 Å². The number of hydrogen-bond donors (Lipinski definition) is 0. The molecule has 0 spiro atoms. The molecule has 0 aliphatic rings. The van der Waals surface area contributed by atoms with E-state index in [2.05, 4.69) is 0 Å². The van der Waals surface area contributed by atoms with E-state index in [0.29, 0.717) is 12.2 Å². The second kappa shape index (κ2) is 7.74. The Morgan fingerprint density at radius 3 is 2.47 bits per heavy atom. The van der Waals surface area contributed by atoms with E-state index in [4.69, 9.17) is 4.74 Å². The number of para-hydroxylation sites is 1. The van der Waals surface area contributed by atoms with Crippen molar-refractivity contribution in [1.82, 2.24) is 0 Å². The van der Waals surface area contributed by atoms with Crippen LogP contribution in [0.3, 0.4) is 0 Å². The minimum atomic E-state index is -1.16. The number of rotatable bonds is 5. The van der Waals surface area contributed by atoms with Gasteiger partial charge in [-0.2, -0.15) is 0 Å². The van der Waals surface area contributed by atoms with Crippen molar-refractivity contribution in [1.29, 1.82) is 0 Å². The van der Waals surface area contributed by atoms with Crippen LogP contribution < -0.4 is 39.4 Å². The molecule has 1 aromatic carbocycles. The van der Waals surface area contributed by atoms with Crippen molar-refractivity contribution >= 4 is 5.97 Å². The smallest absolute Gasteiger partial charge is 0.546 e. The summed E-state index contributed by atoms with van der Waals surface area (Å²) in [6, 6.07) is 8.90. The van der Waals surface area contributed by atoms with Gasteiger partial charge in [0, 0.05) is 0 Å². The molecule has 1 unspecified atom stereocenters. The molecular formula is C11H13NaO3. The van der Waals surface area contributed by atoms with Crippen LogP contribution in [0.2, 0.25) is 0 Å². The Balaban J connectivity index is 0.00000196. The molecule has 0 N–H and O–H groups in total. The summed E-state index contributed by atoms with van der Waals surface area (Å²) in [5, 5.41) is 10.7. The third-order valence-corrected chi connectivity index (χ3v) is 1.84. The van der Waals surface area contributed by atoms with E-state index in [1.54, 1.807) is 24.3 Å². The number of carbonyl (C=O) groups excluding carboxylic acids is 1. The Morgan fingerprint density at radius 1 is 1.40 bits per heavy atom.